The van der Waals surface area contributed by atoms with Crippen molar-refractivity contribution in [3.05, 3.63) is 59.7 Å². The molecule has 0 fully saturated rings. The van der Waals surface area contributed by atoms with Crippen LogP contribution in [0.15, 0.2) is 53.4 Å². The lowest BCUT2D eigenvalue weighted by Crippen LogP contribution is -2.34. The van der Waals surface area contributed by atoms with E-state index in [9.17, 15) is 13.2 Å². The fourth-order valence-electron chi connectivity index (χ4n) is 2.12. The topological polar surface area (TPSA) is 84.5 Å². The number of aryl methyl sites for hydroxylation is 1. The van der Waals surface area contributed by atoms with Gasteiger partial charge in [0.25, 0.3) is 5.91 Å². The van der Waals surface area contributed by atoms with Gasteiger partial charge in [-0.05, 0) is 36.8 Å². The molecule has 0 aliphatic heterocycles. The van der Waals surface area contributed by atoms with E-state index >= 15 is 0 Å². The lowest BCUT2D eigenvalue weighted by molar-refractivity contribution is 0.0954. The Bertz CT molecular complexity index is 805. The van der Waals surface area contributed by atoms with E-state index < -0.39 is 10.0 Å². The first-order valence-electron chi connectivity index (χ1n) is 7.41. The second-order valence-corrected chi connectivity index (χ2v) is 6.91. The molecule has 2 aromatic carbocycles. The van der Waals surface area contributed by atoms with Crippen LogP contribution in [0.25, 0.3) is 0 Å². The second kappa shape index (κ2) is 7.94. The van der Waals surface area contributed by atoms with Gasteiger partial charge >= 0.3 is 0 Å². The maximum Gasteiger partial charge on any atom is 0.251 e. The molecule has 0 bridgehead atoms. The van der Waals surface area contributed by atoms with Gasteiger partial charge in [-0.3, -0.25) is 4.79 Å². The molecule has 1 amide bonds. The summed E-state index contributed by atoms with van der Waals surface area (Å²) in [5.41, 5.74) is 1.34. The van der Waals surface area contributed by atoms with Crippen LogP contribution < -0.4 is 14.8 Å². The molecule has 0 unspecified atom stereocenters. The second-order valence-electron chi connectivity index (χ2n) is 5.17. The summed E-state index contributed by atoms with van der Waals surface area (Å²) in [6.07, 6.45) is 0. The Balaban J connectivity index is 1.94. The average Bonchev–Trinajstić information content (AvgIpc) is 2.59. The number of ether oxygens (including phenoxy) is 1. The molecule has 0 heterocycles. The van der Waals surface area contributed by atoms with Crippen LogP contribution in [-0.2, 0) is 10.0 Å². The minimum atomic E-state index is -3.71. The molecule has 24 heavy (non-hydrogen) atoms. The summed E-state index contributed by atoms with van der Waals surface area (Å²) >= 11 is 0. The number of carbonyl (C=O) groups is 1. The third-order valence-electron chi connectivity index (χ3n) is 3.35. The number of hydrogen-bond acceptors (Lipinski definition) is 4. The van der Waals surface area contributed by atoms with Gasteiger partial charge in [0.1, 0.15) is 10.6 Å². The molecule has 2 rings (SSSR count). The van der Waals surface area contributed by atoms with Crippen LogP contribution in [0, 0.1) is 6.92 Å². The minimum absolute atomic E-state index is 0.0814. The minimum Gasteiger partial charge on any atom is -0.495 e. The first-order valence-corrected chi connectivity index (χ1v) is 8.90. The summed E-state index contributed by atoms with van der Waals surface area (Å²) in [5, 5.41) is 2.67. The van der Waals surface area contributed by atoms with E-state index in [0.29, 0.717) is 5.56 Å². The van der Waals surface area contributed by atoms with Crippen molar-refractivity contribution in [1.29, 1.82) is 0 Å². The summed E-state index contributed by atoms with van der Waals surface area (Å²) in [6, 6.07) is 13.7. The van der Waals surface area contributed by atoms with Gasteiger partial charge in [-0.25, -0.2) is 13.1 Å². The van der Waals surface area contributed by atoms with Crippen LogP contribution in [0.5, 0.6) is 5.75 Å². The summed E-state index contributed by atoms with van der Waals surface area (Å²) in [4.78, 5) is 12.0. The van der Waals surface area contributed by atoms with Gasteiger partial charge in [-0.15, -0.1) is 0 Å². The first-order chi connectivity index (χ1) is 11.4. The lowest BCUT2D eigenvalue weighted by atomic mass is 10.2. The Morgan fingerprint density at radius 2 is 1.79 bits per heavy atom. The zero-order valence-corrected chi connectivity index (χ0v) is 14.4. The van der Waals surface area contributed by atoms with Gasteiger partial charge in [-0.2, -0.15) is 0 Å². The highest BCUT2D eigenvalue weighted by Crippen LogP contribution is 2.24. The van der Waals surface area contributed by atoms with Crippen molar-refractivity contribution in [2.24, 2.45) is 0 Å². The molecular formula is C17H20N2O4S. The maximum absolute atomic E-state index is 12.4. The van der Waals surface area contributed by atoms with E-state index in [0.717, 1.165) is 5.56 Å². The monoisotopic (exact) mass is 348 g/mol. The smallest absolute Gasteiger partial charge is 0.251 e. The fraction of sp³-hybridized carbons (Fsp3) is 0.235. The van der Waals surface area contributed by atoms with Gasteiger partial charge in [0.15, 0.2) is 0 Å². The van der Waals surface area contributed by atoms with Crippen molar-refractivity contribution in [2.45, 2.75) is 11.8 Å². The van der Waals surface area contributed by atoms with Crippen LogP contribution in [0.1, 0.15) is 15.9 Å². The molecule has 0 aromatic heterocycles. The molecule has 2 aromatic rings. The van der Waals surface area contributed by atoms with Crippen LogP contribution in [0.3, 0.4) is 0 Å². The van der Waals surface area contributed by atoms with Crippen molar-refractivity contribution in [3.63, 3.8) is 0 Å². The van der Waals surface area contributed by atoms with Gasteiger partial charge in [0, 0.05) is 18.7 Å². The predicted octanol–water partition coefficient (Wildman–Crippen LogP) is 1.71. The normalized spacial score (nSPS) is 11.1. The van der Waals surface area contributed by atoms with E-state index in [1.54, 1.807) is 49.4 Å². The van der Waals surface area contributed by atoms with E-state index in [-0.39, 0.29) is 29.6 Å². The number of carbonyl (C=O) groups excluding carboxylic acids is 1. The molecular weight excluding hydrogens is 328 g/mol. The van der Waals surface area contributed by atoms with Crippen molar-refractivity contribution < 1.29 is 17.9 Å². The van der Waals surface area contributed by atoms with Crippen molar-refractivity contribution in [1.82, 2.24) is 10.0 Å². The average molecular weight is 348 g/mol. The molecule has 128 valence electrons. The quantitative estimate of drug-likeness (QED) is 0.746. The zero-order valence-electron chi connectivity index (χ0n) is 13.6. The highest BCUT2D eigenvalue weighted by molar-refractivity contribution is 7.89. The zero-order chi connectivity index (χ0) is 17.6. The van der Waals surface area contributed by atoms with E-state index in [1.807, 2.05) is 6.07 Å². The van der Waals surface area contributed by atoms with E-state index in [4.69, 9.17) is 4.74 Å². The SMILES string of the molecule is COc1ccc(C)cc1S(=O)(=O)NCCNC(=O)c1ccccc1. The lowest BCUT2D eigenvalue weighted by Gasteiger charge is -2.12. The number of amides is 1. The number of benzene rings is 2. The largest absolute Gasteiger partial charge is 0.495 e. The molecule has 0 saturated carbocycles. The summed E-state index contributed by atoms with van der Waals surface area (Å²) in [5.74, 6) is 0.0318. The number of nitrogens with one attached hydrogen (secondary N) is 2. The molecule has 0 aliphatic rings. The van der Waals surface area contributed by atoms with Crippen LogP contribution >= 0.6 is 0 Å². The van der Waals surface area contributed by atoms with E-state index in [2.05, 4.69) is 10.0 Å². The van der Waals surface area contributed by atoms with Crippen molar-refractivity contribution >= 4 is 15.9 Å². The predicted molar refractivity (Wildman–Crippen MR) is 91.7 cm³/mol. The Morgan fingerprint density at radius 3 is 2.46 bits per heavy atom. The first kappa shape index (κ1) is 18.0. The number of sulfonamides is 1. The summed E-state index contributed by atoms with van der Waals surface area (Å²) < 4.78 is 32.3. The van der Waals surface area contributed by atoms with Gasteiger partial charge in [0.05, 0.1) is 7.11 Å². The van der Waals surface area contributed by atoms with Crippen LogP contribution in [0.2, 0.25) is 0 Å². The highest BCUT2D eigenvalue weighted by Gasteiger charge is 2.19. The van der Waals surface area contributed by atoms with Crippen molar-refractivity contribution in [3.8, 4) is 5.75 Å². The molecule has 0 atom stereocenters. The Hall–Kier alpha value is -2.38. The molecule has 6 nitrogen and oxygen atoms in total. The van der Waals surface area contributed by atoms with Gasteiger partial charge in [0.2, 0.25) is 10.0 Å². The van der Waals surface area contributed by atoms with E-state index in [1.165, 1.54) is 7.11 Å². The molecule has 2 N–H and O–H groups in total. The highest BCUT2D eigenvalue weighted by atomic mass is 32.2. The third-order valence-corrected chi connectivity index (χ3v) is 4.83. The Morgan fingerprint density at radius 1 is 1.08 bits per heavy atom. The summed E-state index contributed by atoms with van der Waals surface area (Å²) in [6.45, 7) is 2.07. The van der Waals surface area contributed by atoms with Gasteiger partial charge in [-0.1, -0.05) is 24.3 Å². The van der Waals surface area contributed by atoms with Gasteiger partial charge < -0.3 is 10.1 Å². The standard InChI is InChI=1S/C17H20N2O4S/c1-13-8-9-15(23-2)16(12-13)24(21,22)19-11-10-18-17(20)14-6-4-3-5-7-14/h3-9,12,19H,10-11H2,1-2H3,(H,18,20). The summed E-state index contributed by atoms with van der Waals surface area (Å²) in [7, 11) is -2.29. The maximum atomic E-state index is 12.4. The number of methoxy groups -OCH3 is 1. The molecule has 7 heteroatoms. The van der Waals surface area contributed by atoms with Crippen molar-refractivity contribution in [2.75, 3.05) is 20.2 Å². The molecule has 0 saturated heterocycles. The number of hydrogen-bond donors (Lipinski definition) is 2. The molecule has 0 aliphatic carbocycles. The molecule has 0 spiro atoms. The Kier molecular flexibility index (Phi) is 5.94. The third kappa shape index (κ3) is 4.56. The Labute approximate surface area is 141 Å². The fourth-order valence-corrected chi connectivity index (χ4v) is 3.41. The molecule has 0 radical (unpaired) electrons. The van der Waals surface area contributed by atoms with Crippen LogP contribution in [-0.4, -0.2) is 34.5 Å². The number of rotatable bonds is 7. The van der Waals surface area contributed by atoms with Crippen LogP contribution in [0.4, 0.5) is 0 Å².